The topological polar surface area (TPSA) is 53.7 Å². The van der Waals surface area contributed by atoms with Crippen LogP contribution < -0.4 is 15.2 Å². The number of hydrogen-bond acceptors (Lipinski definition) is 4. The van der Waals surface area contributed by atoms with Crippen LogP contribution in [0.2, 0.25) is 0 Å². The van der Waals surface area contributed by atoms with Crippen molar-refractivity contribution in [1.29, 1.82) is 0 Å². The lowest BCUT2D eigenvalue weighted by atomic mass is 10.1. The number of benzene rings is 1. The molecule has 1 aromatic rings. The second kappa shape index (κ2) is 6.78. The first kappa shape index (κ1) is 14.2. The number of para-hydroxylation sites is 1. The van der Waals surface area contributed by atoms with Gasteiger partial charge in [-0.3, -0.25) is 0 Å². The van der Waals surface area contributed by atoms with Gasteiger partial charge in [-0.2, -0.15) is 0 Å². The third-order valence-electron chi connectivity index (χ3n) is 3.28. The van der Waals surface area contributed by atoms with E-state index in [0.717, 1.165) is 49.5 Å². The van der Waals surface area contributed by atoms with Gasteiger partial charge in [0.25, 0.3) is 0 Å². The molecule has 0 spiro atoms. The normalized spacial score (nSPS) is 18.1. The molecule has 0 amide bonds. The molecule has 1 fully saturated rings. The van der Waals surface area contributed by atoms with E-state index in [-0.39, 0.29) is 12.1 Å². The second-order valence-electron chi connectivity index (χ2n) is 5.06. The van der Waals surface area contributed by atoms with Gasteiger partial charge in [0.2, 0.25) is 0 Å². The van der Waals surface area contributed by atoms with Crippen LogP contribution in [-0.2, 0) is 11.2 Å². The van der Waals surface area contributed by atoms with E-state index in [1.807, 2.05) is 19.1 Å². The molecule has 1 unspecified atom stereocenters. The molecule has 2 rings (SSSR count). The molecular weight excluding hydrogens is 242 g/mol. The van der Waals surface area contributed by atoms with Gasteiger partial charge >= 0.3 is 0 Å². The summed E-state index contributed by atoms with van der Waals surface area (Å²) in [7, 11) is 1.67. The summed E-state index contributed by atoms with van der Waals surface area (Å²) in [6.07, 6.45) is 2.85. The number of nitrogens with two attached hydrogens (primary N) is 1. The van der Waals surface area contributed by atoms with Crippen molar-refractivity contribution >= 4 is 0 Å². The van der Waals surface area contributed by atoms with E-state index >= 15 is 0 Å². The Labute approximate surface area is 114 Å². The van der Waals surface area contributed by atoms with Gasteiger partial charge in [-0.1, -0.05) is 12.1 Å². The molecule has 4 heteroatoms. The van der Waals surface area contributed by atoms with Crippen LogP contribution in [0.25, 0.3) is 0 Å². The molecule has 1 aliphatic heterocycles. The molecule has 1 aromatic carbocycles. The summed E-state index contributed by atoms with van der Waals surface area (Å²) in [6.45, 7) is 3.53. The molecule has 4 nitrogen and oxygen atoms in total. The van der Waals surface area contributed by atoms with Gasteiger partial charge in [-0.25, -0.2) is 0 Å². The van der Waals surface area contributed by atoms with Crippen molar-refractivity contribution in [2.24, 2.45) is 5.73 Å². The fourth-order valence-corrected chi connectivity index (χ4v) is 2.32. The molecule has 1 aliphatic rings. The maximum Gasteiger partial charge on any atom is 0.164 e. The van der Waals surface area contributed by atoms with Crippen LogP contribution in [0.1, 0.15) is 25.3 Å². The molecule has 0 bridgehead atoms. The van der Waals surface area contributed by atoms with Gasteiger partial charge in [-0.15, -0.1) is 0 Å². The first-order valence-corrected chi connectivity index (χ1v) is 6.86. The zero-order chi connectivity index (χ0) is 13.7. The van der Waals surface area contributed by atoms with Crippen molar-refractivity contribution < 1.29 is 14.2 Å². The molecule has 0 radical (unpaired) electrons. The monoisotopic (exact) mass is 265 g/mol. The summed E-state index contributed by atoms with van der Waals surface area (Å²) in [6, 6.07) is 6.07. The van der Waals surface area contributed by atoms with Gasteiger partial charge in [0.1, 0.15) is 6.10 Å². The largest absolute Gasteiger partial charge is 0.493 e. The number of rotatable bonds is 5. The third kappa shape index (κ3) is 3.85. The SMILES string of the molecule is COc1cccc(CC(C)N)c1OC1CCOCC1. The predicted molar refractivity (Wildman–Crippen MR) is 74.8 cm³/mol. The summed E-state index contributed by atoms with van der Waals surface area (Å²) >= 11 is 0. The highest BCUT2D eigenvalue weighted by Crippen LogP contribution is 2.33. The summed E-state index contributed by atoms with van der Waals surface area (Å²) in [5.41, 5.74) is 7.01. The number of ether oxygens (including phenoxy) is 3. The lowest BCUT2D eigenvalue weighted by Crippen LogP contribution is -2.27. The molecule has 0 aliphatic carbocycles. The van der Waals surface area contributed by atoms with Crippen LogP contribution in [-0.4, -0.2) is 32.5 Å². The van der Waals surface area contributed by atoms with Crippen LogP contribution in [0.15, 0.2) is 18.2 Å². The van der Waals surface area contributed by atoms with Crippen LogP contribution in [0.4, 0.5) is 0 Å². The van der Waals surface area contributed by atoms with E-state index in [4.69, 9.17) is 19.9 Å². The van der Waals surface area contributed by atoms with Gasteiger partial charge in [0.05, 0.1) is 20.3 Å². The second-order valence-corrected chi connectivity index (χ2v) is 5.06. The Bertz CT molecular complexity index is 400. The zero-order valence-electron chi connectivity index (χ0n) is 11.7. The first-order chi connectivity index (χ1) is 9.20. The molecule has 19 heavy (non-hydrogen) atoms. The van der Waals surface area contributed by atoms with Crippen LogP contribution >= 0.6 is 0 Å². The molecule has 0 saturated carbocycles. The van der Waals surface area contributed by atoms with Crippen molar-refractivity contribution in [1.82, 2.24) is 0 Å². The fourth-order valence-electron chi connectivity index (χ4n) is 2.32. The van der Waals surface area contributed by atoms with Crippen LogP contribution in [0.3, 0.4) is 0 Å². The third-order valence-corrected chi connectivity index (χ3v) is 3.28. The van der Waals surface area contributed by atoms with Crippen molar-refractivity contribution in [3.05, 3.63) is 23.8 Å². The van der Waals surface area contributed by atoms with Gasteiger partial charge in [0.15, 0.2) is 11.5 Å². The molecule has 1 heterocycles. The van der Waals surface area contributed by atoms with E-state index in [0.29, 0.717) is 0 Å². The van der Waals surface area contributed by atoms with E-state index in [9.17, 15) is 0 Å². The van der Waals surface area contributed by atoms with Crippen molar-refractivity contribution in [3.8, 4) is 11.5 Å². The highest BCUT2D eigenvalue weighted by Gasteiger charge is 2.19. The minimum Gasteiger partial charge on any atom is -0.493 e. The molecule has 106 valence electrons. The van der Waals surface area contributed by atoms with Crippen molar-refractivity contribution in [2.45, 2.75) is 38.3 Å². The Kier molecular flexibility index (Phi) is 5.05. The van der Waals surface area contributed by atoms with Crippen LogP contribution in [0, 0.1) is 0 Å². The molecular formula is C15H23NO3. The summed E-state index contributed by atoms with van der Waals surface area (Å²) in [5.74, 6) is 1.62. The Morgan fingerprint density at radius 3 is 2.74 bits per heavy atom. The summed E-state index contributed by atoms with van der Waals surface area (Å²) in [5, 5.41) is 0. The Morgan fingerprint density at radius 1 is 1.37 bits per heavy atom. The summed E-state index contributed by atoms with van der Waals surface area (Å²) < 4.78 is 16.9. The average molecular weight is 265 g/mol. The lowest BCUT2D eigenvalue weighted by molar-refractivity contribution is 0.0241. The highest BCUT2D eigenvalue weighted by atomic mass is 16.5. The van der Waals surface area contributed by atoms with Crippen LogP contribution in [0.5, 0.6) is 11.5 Å². The molecule has 2 N–H and O–H groups in total. The molecule has 1 saturated heterocycles. The number of hydrogen-bond donors (Lipinski definition) is 1. The minimum atomic E-state index is 0.101. The highest BCUT2D eigenvalue weighted by molar-refractivity contribution is 5.47. The summed E-state index contributed by atoms with van der Waals surface area (Å²) in [4.78, 5) is 0. The average Bonchev–Trinajstić information content (AvgIpc) is 2.41. The quantitative estimate of drug-likeness (QED) is 0.886. The van der Waals surface area contributed by atoms with Gasteiger partial charge < -0.3 is 19.9 Å². The zero-order valence-corrected chi connectivity index (χ0v) is 11.7. The predicted octanol–water partition coefficient (Wildman–Crippen LogP) is 2.14. The van der Waals surface area contributed by atoms with Crippen molar-refractivity contribution in [3.63, 3.8) is 0 Å². The number of methoxy groups -OCH3 is 1. The first-order valence-electron chi connectivity index (χ1n) is 6.86. The van der Waals surface area contributed by atoms with Crippen molar-refractivity contribution in [2.75, 3.05) is 20.3 Å². The fraction of sp³-hybridized carbons (Fsp3) is 0.600. The van der Waals surface area contributed by atoms with Gasteiger partial charge in [0, 0.05) is 18.9 Å². The maximum absolute atomic E-state index is 6.15. The smallest absolute Gasteiger partial charge is 0.164 e. The standard InChI is InChI=1S/C15H23NO3/c1-11(16)10-12-4-3-5-14(17-2)15(12)19-13-6-8-18-9-7-13/h3-5,11,13H,6-10,16H2,1-2H3. The van der Waals surface area contributed by atoms with E-state index in [2.05, 4.69) is 6.07 Å². The molecule has 0 aromatic heterocycles. The Balaban J connectivity index is 2.18. The van der Waals surface area contributed by atoms with Gasteiger partial charge in [-0.05, 0) is 25.0 Å². The Hall–Kier alpha value is -1.26. The molecule has 1 atom stereocenters. The minimum absolute atomic E-state index is 0.101. The Morgan fingerprint density at radius 2 is 2.11 bits per heavy atom. The van der Waals surface area contributed by atoms with E-state index < -0.39 is 0 Å². The van der Waals surface area contributed by atoms with E-state index in [1.165, 1.54) is 0 Å². The van der Waals surface area contributed by atoms with E-state index in [1.54, 1.807) is 7.11 Å². The maximum atomic E-state index is 6.15. The lowest BCUT2D eigenvalue weighted by Gasteiger charge is -2.26.